The summed E-state index contributed by atoms with van der Waals surface area (Å²) in [5.41, 5.74) is 2.49. The molecule has 0 amide bonds. The zero-order valence-electron chi connectivity index (χ0n) is 9.60. The number of benzene rings is 1. The van der Waals surface area contributed by atoms with Crippen molar-refractivity contribution in [2.75, 3.05) is 19.7 Å². The Hall–Kier alpha value is -1.59. The molecule has 2 aromatic rings. The van der Waals surface area contributed by atoms with Gasteiger partial charge in [0.15, 0.2) is 5.58 Å². The molecule has 90 valence electrons. The molecule has 0 spiro atoms. The Morgan fingerprint density at radius 3 is 3.12 bits per heavy atom. The number of morpholine rings is 1. The van der Waals surface area contributed by atoms with Crippen LogP contribution in [-0.4, -0.2) is 24.3 Å². The molecule has 0 aliphatic carbocycles. The maximum absolute atomic E-state index is 11.4. The van der Waals surface area contributed by atoms with Gasteiger partial charge in [-0.15, -0.1) is 0 Å². The van der Waals surface area contributed by atoms with Crippen LogP contribution in [0.5, 0.6) is 0 Å². The van der Waals surface area contributed by atoms with Gasteiger partial charge in [0.05, 0.1) is 18.2 Å². The Balaban J connectivity index is 2.05. The largest absolute Gasteiger partial charge is 0.419 e. The fraction of sp³-hybridized carbons (Fsp3) is 0.417. The van der Waals surface area contributed by atoms with Crippen molar-refractivity contribution in [1.82, 2.24) is 9.88 Å². The summed E-state index contributed by atoms with van der Waals surface area (Å²) in [4.78, 5) is 11.4. The molecule has 1 aliphatic heterocycles. The highest BCUT2D eigenvalue weighted by atomic mass is 16.5. The predicted molar refractivity (Wildman–Crippen MR) is 63.0 cm³/mol. The van der Waals surface area contributed by atoms with Crippen molar-refractivity contribution < 1.29 is 9.15 Å². The summed E-state index contributed by atoms with van der Waals surface area (Å²) in [5.74, 6) is -0.333. The van der Waals surface area contributed by atoms with Crippen LogP contribution >= 0.6 is 0 Å². The van der Waals surface area contributed by atoms with E-state index >= 15 is 0 Å². The normalized spacial score (nSPS) is 20.9. The number of ether oxygens (including phenoxy) is 1. The molecule has 0 radical (unpaired) electrons. The molecule has 0 bridgehead atoms. The number of hydrogen-bond donors (Lipinski definition) is 1. The van der Waals surface area contributed by atoms with Crippen molar-refractivity contribution in [2.45, 2.75) is 6.10 Å². The molecule has 1 unspecified atom stereocenters. The van der Waals surface area contributed by atoms with Gasteiger partial charge in [-0.3, -0.25) is 4.57 Å². The molecule has 1 aromatic carbocycles. The minimum atomic E-state index is -0.333. The third-order valence-electron chi connectivity index (χ3n) is 3.11. The van der Waals surface area contributed by atoms with Crippen LogP contribution in [0.25, 0.3) is 11.1 Å². The van der Waals surface area contributed by atoms with Crippen LogP contribution in [0.15, 0.2) is 27.4 Å². The summed E-state index contributed by atoms with van der Waals surface area (Å²) in [7, 11) is 1.71. The minimum absolute atomic E-state index is 0.0538. The number of fused-ring (bicyclic) bond motifs is 1. The first-order valence-electron chi connectivity index (χ1n) is 5.67. The van der Waals surface area contributed by atoms with Crippen molar-refractivity contribution in [3.63, 3.8) is 0 Å². The van der Waals surface area contributed by atoms with E-state index in [1.807, 2.05) is 18.2 Å². The van der Waals surface area contributed by atoms with E-state index in [1.165, 1.54) is 4.57 Å². The number of aromatic nitrogens is 1. The van der Waals surface area contributed by atoms with Gasteiger partial charge in [0.1, 0.15) is 0 Å². The molecule has 5 heteroatoms. The summed E-state index contributed by atoms with van der Waals surface area (Å²) in [6, 6.07) is 5.73. The summed E-state index contributed by atoms with van der Waals surface area (Å²) >= 11 is 0. The Bertz CT molecular complexity index is 593. The van der Waals surface area contributed by atoms with Crippen molar-refractivity contribution in [1.29, 1.82) is 0 Å². The molecular formula is C12H14N2O3. The van der Waals surface area contributed by atoms with E-state index in [4.69, 9.17) is 9.15 Å². The first-order valence-corrected chi connectivity index (χ1v) is 5.67. The first-order chi connectivity index (χ1) is 8.25. The van der Waals surface area contributed by atoms with Crippen LogP contribution < -0.4 is 11.1 Å². The summed E-state index contributed by atoms with van der Waals surface area (Å²) in [6.07, 6.45) is 0.0538. The lowest BCUT2D eigenvalue weighted by atomic mass is 10.1. The lowest BCUT2D eigenvalue weighted by Crippen LogP contribution is -2.33. The second kappa shape index (κ2) is 4.01. The number of aryl methyl sites for hydroxylation is 1. The fourth-order valence-electron chi connectivity index (χ4n) is 2.12. The van der Waals surface area contributed by atoms with E-state index in [1.54, 1.807) is 7.05 Å². The zero-order valence-corrected chi connectivity index (χ0v) is 9.60. The molecule has 2 heterocycles. The molecule has 5 nitrogen and oxygen atoms in total. The molecule has 1 aliphatic rings. The van der Waals surface area contributed by atoms with Gasteiger partial charge in [0, 0.05) is 20.1 Å². The van der Waals surface area contributed by atoms with Crippen LogP contribution in [0.1, 0.15) is 11.7 Å². The van der Waals surface area contributed by atoms with Crippen molar-refractivity contribution >= 4 is 11.1 Å². The summed E-state index contributed by atoms with van der Waals surface area (Å²) in [6.45, 7) is 2.41. The number of oxazole rings is 1. The highest BCUT2D eigenvalue weighted by molar-refractivity contribution is 5.73. The highest BCUT2D eigenvalue weighted by Gasteiger charge is 2.17. The first kappa shape index (κ1) is 10.6. The average molecular weight is 234 g/mol. The lowest BCUT2D eigenvalue weighted by Gasteiger charge is -2.23. The molecule has 1 atom stereocenters. The second-order valence-electron chi connectivity index (χ2n) is 4.22. The van der Waals surface area contributed by atoms with Crippen LogP contribution in [0.4, 0.5) is 0 Å². The van der Waals surface area contributed by atoms with E-state index in [2.05, 4.69) is 5.32 Å². The topological polar surface area (TPSA) is 56.4 Å². The Morgan fingerprint density at radius 1 is 1.47 bits per heavy atom. The van der Waals surface area contributed by atoms with Gasteiger partial charge in [-0.05, 0) is 17.7 Å². The Labute approximate surface area is 98.0 Å². The maximum Gasteiger partial charge on any atom is 0.419 e. The third kappa shape index (κ3) is 1.77. The van der Waals surface area contributed by atoms with Crippen LogP contribution in [-0.2, 0) is 11.8 Å². The Kier molecular flexibility index (Phi) is 2.49. The molecule has 1 aromatic heterocycles. The lowest BCUT2D eigenvalue weighted by molar-refractivity contribution is 0.0277. The van der Waals surface area contributed by atoms with E-state index in [9.17, 15) is 4.79 Å². The second-order valence-corrected chi connectivity index (χ2v) is 4.22. The van der Waals surface area contributed by atoms with Crippen molar-refractivity contribution in [2.24, 2.45) is 7.05 Å². The highest BCUT2D eigenvalue weighted by Crippen LogP contribution is 2.22. The quantitative estimate of drug-likeness (QED) is 0.792. The van der Waals surface area contributed by atoms with Crippen molar-refractivity contribution in [3.05, 3.63) is 34.3 Å². The summed E-state index contributed by atoms with van der Waals surface area (Å²) in [5, 5.41) is 3.28. The number of hydrogen-bond acceptors (Lipinski definition) is 4. The number of rotatable bonds is 1. The SMILES string of the molecule is Cn1c(=O)oc2ccc(C3CNCCO3)cc21. The standard InChI is InChI=1S/C12H14N2O3/c1-14-9-6-8(11-7-13-4-5-16-11)2-3-10(9)17-12(14)15/h2-3,6,11,13H,4-5,7H2,1H3. The smallest absolute Gasteiger partial charge is 0.408 e. The van der Waals surface area contributed by atoms with Gasteiger partial charge in [-0.1, -0.05) is 6.07 Å². The van der Waals surface area contributed by atoms with Gasteiger partial charge in [-0.2, -0.15) is 0 Å². The predicted octanol–water partition coefficient (Wildman–Crippen LogP) is 0.792. The average Bonchev–Trinajstić information content (AvgIpc) is 2.66. The molecule has 17 heavy (non-hydrogen) atoms. The molecule has 3 rings (SSSR count). The monoisotopic (exact) mass is 234 g/mol. The molecule has 1 fully saturated rings. The fourth-order valence-corrected chi connectivity index (χ4v) is 2.12. The molecular weight excluding hydrogens is 220 g/mol. The Morgan fingerprint density at radius 2 is 2.35 bits per heavy atom. The number of nitrogens with zero attached hydrogens (tertiary/aromatic N) is 1. The van der Waals surface area contributed by atoms with E-state index in [-0.39, 0.29) is 11.9 Å². The van der Waals surface area contributed by atoms with Gasteiger partial charge in [-0.25, -0.2) is 4.79 Å². The van der Waals surface area contributed by atoms with E-state index in [0.29, 0.717) is 12.2 Å². The summed E-state index contributed by atoms with van der Waals surface area (Å²) < 4.78 is 12.3. The minimum Gasteiger partial charge on any atom is -0.408 e. The van der Waals surface area contributed by atoms with E-state index in [0.717, 1.165) is 24.2 Å². The molecule has 1 N–H and O–H groups in total. The van der Waals surface area contributed by atoms with Crippen LogP contribution in [0.3, 0.4) is 0 Å². The van der Waals surface area contributed by atoms with E-state index < -0.39 is 0 Å². The van der Waals surface area contributed by atoms with Crippen molar-refractivity contribution in [3.8, 4) is 0 Å². The molecule has 0 saturated carbocycles. The van der Waals surface area contributed by atoms with Gasteiger partial charge in [0.2, 0.25) is 0 Å². The van der Waals surface area contributed by atoms with Gasteiger partial charge >= 0.3 is 5.76 Å². The zero-order chi connectivity index (χ0) is 11.8. The van der Waals surface area contributed by atoms with Crippen LogP contribution in [0.2, 0.25) is 0 Å². The number of nitrogens with one attached hydrogen (secondary N) is 1. The van der Waals surface area contributed by atoms with Crippen LogP contribution in [0, 0.1) is 0 Å². The van der Waals surface area contributed by atoms with Gasteiger partial charge < -0.3 is 14.5 Å². The third-order valence-corrected chi connectivity index (χ3v) is 3.11. The molecule has 1 saturated heterocycles. The van der Waals surface area contributed by atoms with Gasteiger partial charge in [0.25, 0.3) is 0 Å². The maximum atomic E-state index is 11.4.